The summed E-state index contributed by atoms with van der Waals surface area (Å²) in [7, 11) is 0. The summed E-state index contributed by atoms with van der Waals surface area (Å²) in [5.74, 6) is 0.345. The molecule has 0 atom stereocenters. The minimum atomic E-state index is -0.776. The van der Waals surface area contributed by atoms with Crippen LogP contribution in [-0.4, -0.2) is 22.5 Å². The van der Waals surface area contributed by atoms with Gasteiger partial charge in [-0.15, -0.1) is 0 Å². The van der Waals surface area contributed by atoms with Gasteiger partial charge in [0, 0.05) is 4.47 Å². The zero-order chi connectivity index (χ0) is 13.3. The van der Waals surface area contributed by atoms with Crippen molar-refractivity contribution in [3.05, 3.63) is 28.5 Å². The number of halogens is 1. The molecule has 1 N–H and O–H groups in total. The van der Waals surface area contributed by atoms with Crippen LogP contribution in [0.4, 0.5) is 0 Å². The highest BCUT2D eigenvalue weighted by atomic mass is 79.9. The van der Waals surface area contributed by atoms with Gasteiger partial charge in [-0.1, -0.05) is 15.9 Å². The fourth-order valence-electron chi connectivity index (χ4n) is 1.69. The first-order valence-corrected chi connectivity index (χ1v) is 6.57. The van der Waals surface area contributed by atoms with Gasteiger partial charge in [0.05, 0.1) is 17.6 Å². The van der Waals surface area contributed by atoms with Gasteiger partial charge in [-0.2, -0.15) is 0 Å². The zero-order valence-electron chi connectivity index (χ0n) is 10.6. The van der Waals surface area contributed by atoms with Gasteiger partial charge in [-0.25, -0.2) is 4.98 Å². The Kier molecular flexibility index (Phi) is 3.43. The Hall–Kier alpha value is -1.36. The van der Waals surface area contributed by atoms with Crippen LogP contribution in [0.1, 0.15) is 26.6 Å². The van der Waals surface area contributed by atoms with Gasteiger partial charge in [0.1, 0.15) is 11.2 Å². The molecular formula is C13H15BrN2O2. The molecule has 0 aliphatic carbocycles. The lowest BCUT2D eigenvalue weighted by molar-refractivity contribution is -0.149. The molecular weight excluding hydrogens is 296 g/mol. The Bertz CT molecular complexity index is 590. The standard InChI is InChI=1S/C13H15BrN2O2/c1-4-18-12(17)13(2,3)11-15-9-6-5-8(14)7-10(9)16-11/h5-7H,4H2,1-3H3,(H,15,16). The molecule has 5 heteroatoms. The molecule has 0 spiro atoms. The molecule has 0 saturated heterocycles. The highest BCUT2D eigenvalue weighted by molar-refractivity contribution is 9.10. The van der Waals surface area contributed by atoms with Crippen molar-refractivity contribution in [2.24, 2.45) is 0 Å². The molecule has 4 nitrogen and oxygen atoms in total. The first-order valence-electron chi connectivity index (χ1n) is 5.78. The summed E-state index contributed by atoms with van der Waals surface area (Å²) in [4.78, 5) is 19.5. The number of hydrogen-bond acceptors (Lipinski definition) is 3. The van der Waals surface area contributed by atoms with Gasteiger partial charge in [-0.3, -0.25) is 4.79 Å². The predicted octanol–water partition coefficient (Wildman–Crippen LogP) is 3.17. The van der Waals surface area contributed by atoms with Crippen molar-refractivity contribution in [1.29, 1.82) is 0 Å². The third-order valence-electron chi connectivity index (χ3n) is 2.82. The maximum absolute atomic E-state index is 11.9. The maximum atomic E-state index is 11.9. The van der Waals surface area contributed by atoms with E-state index in [9.17, 15) is 4.79 Å². The Morgan fingerprint density at radius 3 is 2.89 bits per heavy atom. The number of benzene rings is 1. The summed E-state index contributed by atoms with van der Waals surface area (Å²) in [5.41, 5.74) is 0.962. The van der Waals surface area contributed by atoms with Crippen LogP contribution in [0.15, 0.2) is 22.7 Å². The van der Waals surface area contributed by atoms with Gasteiger partial charge < -0.3 is 9.72 Å². The molecule has 1 heterocycles. The van der Waals surface area contributed by atoms with E-state index in [1.54, 1.807) is 20.8 Å². The Labute approximate surface area is 114 Å². The Balaban J connectivity index is 2.44. The molecule has 96 valence electrons. The minimum absolute atomic E-state index is 0.275. The van der Waals surface area contributed by atoms with Crippen molar-refractivity contribution in [1.82, 2.24) is 9.97 Å². The van der Waals surface area contributed by atoms with E-state index in [4.69, 9.17) is 4.74 Å². The molecule has 2 aromatic rings. The lowest BCUT2D eigenvalue weighted by Crippen LogP contribution is -2.32. The molecule has 0 fully saturated rings. The SMILES string of the molecule is CCOC(=O)C(C)(C)c1nc2ccc(Br)cc2[nH]1. The second-order valence-corrected chi connectivity index (χ2v) is 5.51. The van der Waals surface area contributed by atoms with Gasteiger partial charge >= 0.3 is 5.97 Å². The third-order valence-corrected chi connectivity index (χ3v) is 3.31. The number of aromatic amines is 1. The van der Waals surface area contributed by atoms with Crippen molar-refractivity contribution >= 4 is 32.9 Å². The number of hydrogen-bond donors (Lipinski definition) is 1. The number of imidazole rings is 1. The summed E-state index contributed by atoms with van der Waals surface area (Å²) in [6.07, 6.45) is 0. The normalized spacial score (nSPS) is 11.8. The number of carbonyl (C=O) groups is 1. The smallest absolute Gasteiger partial charge is 0.319 e. The van der Waals surface area contributed by atoms with E-state index < -0.39 is 5.41 Å². The molecule has 1 aromatic carbocycles. The summed E-state index contributed by atoms with van der Waals surface area (Å²) < 4.78 is 6.04. The number of esters is 1. The first kappa shape index (κ1) is 13.1. The van der Waals surface area contributed by atoms with E-state index >= 15 is 0 Å². The van der Waals surface area contributed by atoms with Gasteiger partial charge in [0.25, 0.3) is 0 Å². The lowest BCUT2D eigenvalue weighted by Gasteiger charge is -2.19. The summed E-state index contributed by atoms with van der Waals surface area (Å²) >= 11 is 3.41. The van der Waals surface area contributed by atoms with Crippen LogP contribution in [-0.2, 0) is 14.9 Å². The summed E-state index contributed by atoms with van der Waals surface area (Å²) in [6.45, 7) is 5.77. The molecule has 0 bridgehead atoms. The minimum Gasteiger partial charge on any atom is -0.465 e. The van der Waals surface area contributed by atoms with Crippen LogP contribution in [0, 0.1) is 0 Å². The Morgan fingerprint density at radius 2 is 2.22 bits per heavy atom. The number of H-pyrrole nitrogens is 1. The quantitative estimate of drug-likeness (QED) is 0.886. The molecule has 2 rings (SSSR count). The van der Waals surface area contributed by atoms with Gasteiger partial charge in [-0.05, 0) is 39.0 Å². The van der Waals surface area contributed by atoms with Crippen molar-refractivity contribution in [3.8, 4) is 0 Å². The van der Waals surface area contributed by atoms with Gasteiger partial charge in [0.15, 0.2) is 0 Å². The van der Waals surface area contributed by atoms with Crippen LogP contribution in [0.2, 0.25) is 0 Å². The monoisotopic (exact) mass is 310 g/mol. The average molecular weight is 311 g/mol. The molecule has 0 aliphatic rings. The number of carbonyl (C=O) groups excluding carboxylic acids is 1. The second kappa shape index (κ2) is 4.72. The van der Waals surface area contributed by atoms with Crippen LogP contribution in [0.5, 0.6) is 0 Å². The number of fused-ring (bicyclic) bond motifs is 1. The molecule has 0 saturated carbocycles. The lowest BCUT2D eigenvalue weighted by atomic mass is 9.93. The maximum Gasteiger partial charge on any atom is 0.319 e. The molecule has 0 unspecified atom stereocenters. The van der Waals surface area contributed by atoms with E-state index in [1.807, 2.05) is 18.2 Å². The number of rotatable bonds is 3. The van der Waals surface area contributed by atoms with Crippen LogP contribution in [0.3, 0.4) is 0 Å². The first-order chi connectivity index (χ1) is 8.45. The number of nitrogens with one attached hydrogen (secondary N) is 1. The Morgan fingerprint density at radius 1 is 1.50 bits per heavy atom. The van der Waals surface area contributed by atoms with E-state index in [-0.39, 0.29) is 5.97 Å². The van der Waals surface area contributed by atoms with Crippen molar-refractivity contribution < 1.29 is 9.53 Å². The largest absolute Gasteiger partial charge is 0.465 e. The predicted molar refractivity (Wildman–Crippen MR) is 73.5 cm³/mol. The molecule has 0 amide bonds. The summed E-state index contributed by atoms with van der Waals surface area (Å²) in [5, 5.41) is 0. The van der Waals surface area contributed by atoms with Crippen molar-refractivity contribution in [2.45, 2.75) is 26.2 Å². The summed E-state index contributed by atoms with van der Waals surface area (Å²) in [6, 6.07) is 5.76. The molecule has 18 heavy (non-hydrogen) atoms. The van der Waals surface area contributed by atoms with E-state index in [0.717, 1.165) is 15.5 Å². The van der Waals surface area contributed by atoms with Gasteiger partial charge in [0.2, 0.25) is 0 Å². The fourth-order valence-corrected chi connectivity index (χ4v) is 2.05. The van der Waals surface area contributed by atoms with Crippen LogP contribution < -0.4 is 0 Å². The number of nitrogens with zero attached hydrogens (tertiary/aromatic N) is 1. The number of ether oxygens (including phenoxy) is 1. The van der Waals surface area contributed by atoms with E-state index in [2.05, 4.69) is 25.9 Å². The highest BCUT2D eigenvalue weighted by Gasteiger charge is 2.34. The molecule has 1 aromatic heterocycles. The highest BCUT2D eigenvalue weighted by Crippen LogP contribution is 2.26. The van der Waals surface area contributed by atoms with Crippen molar-refractivity contribution in [3.63, 3.8) is 0 Å². The second-order valence-electron chi connectivity index (χ2n) is 4.59. The topological polar surface area (TPSA) is 55.0 Å². The van der Waals surface area contributed by atoms with Crippen molar-refractivity contribution in [2.75, 3.05) is 6.61 Å². The van der Waals surface area contributed by atoms with Crippen LogP contribution in [0.25, 0.3) is 11.0 Å². The average Bonchev–Trinajstić information content (AvgIpc) is 2.72. The molecule has 0 aliphatic heterocycles. The fraction of sp³-hybridized carbons (Fsp3) is 0.385. The third kappa shape index (κ3) is 2.27. The van der Waals surface area contributed by atoms with Crippen LogP contribution >= 0.6 is 15.9 Å². The molecule has 0 radical (unpaired) electrons. The van der Waals surface area contributed by atoms with E-state index in [1.165, 1.54) is 0 Å². The number of aromatic nitrogens is 2. The van der Waals surface area contributed by atoms with E-state index in [0.29, 0.717) is 12.4 Å². The zero-order valence-corrected chi connectivity index (χ0v) is 12.2.